The standard InChI is InChI=1S/C11H12BrClO/c1-8-4-5-10(13)9(7-8)11(14)3-2-6-12/h4-5,7H,2-3,6H2,1H3. The second-order valence-electron chi connectivity index (χ2n) is 3.20. The number of hydrogen-bond donors (Lipinski definition) is 0. The Balaban J connectivity index is 2.83. The number of carbonyl (C=O) groups is 1. The number of rotatable bonds is 4. The quantitative estimate of drug-likeness (QED) is 0.599. The zero-order valence-electron chi connectivity index (χ0n) is 8.02. The van der Waals surface area contributed by atoms with E-state index < -0.39 is 0 Å². The van der Waals surface area contributed by atoms with Crippen molar-refractivity contribution < 1.29 is 4.79 Å². The molecule has 0 aliphatic carbocycles. The van der Waals surface area contributed by atoms with Crippen molar-refractivity contribution in [1.29, 1.82) is 0 Å². The molecule has 1 aromatic rings. The van der Waals surface area contributed by atoms with Gasteiger partial charge in [-0.1, -0.05) is 39.2 Å². The zero-order valence-corrected chi connectivity index (χ0v) is 10.4. The van der Waals surface area contributed by atoms with E-state index in [4.69, 9.17) is 11.6 Å². The second kappa shape index (κ2) is 5.52. The maximum absolute atomic E-state index is 11.7. The van der Waals surface area contributed by atoms with Crippen LogP contribution >= 0.6 is 27.5 Å². The van der Waals surface area contributed by atoms with E-state index in [0.29, 0.717) is 17.0 Å². The molecule has 0 bridgehead atoms. The van der Waals surface area contributed by atoms with E-state index in [9.17, 15) is 4.79 Å². The molecule has 0 aliphatic heterocycles. The van der Waals surface area contributed by atoms with Crippen LogP contribution in [0.25, 0.3) is 0 Å². The number of carbonyl (C=O) groups excluding carboxylic acids is 1. The van der Waals surface area contributed by atoms with Crippen molar-refractivity contribution in [3.8, 4) is 0 Å². The van der Waals surface area contributed by atoms with Gasteiger partial charge < -0.3 is 0 Å². The number of benzene rings is 1. The number of hydrogen-bond acceptors (Lipinski definition) is 1. The van der Waals surface area contributed by atoms with Crippen molar-refractivity contribution in [3.05, 3.63) is 34.3 Å². The highest BCUT2D eigenvalue weighted by Gasteiger charge is 2.09. The molecule has 0 N–H and O–H groups in total. The van der Waals surface area contributed by atoms with Gasteiger partial charge >= 0.3 is 0 Å². The third-order valence-electron chi connectivity index (χ3n) is 1.96. The van der Waals surface area contributed by atoms with Crippen LogP contribution in [0.1, 0.15) is 28.8 Å². The molecular formula is C11H12BrClO. The first-order valence-corrected chi connectivity index (χ1v) is 6.00. The summed E-state index contributed by atoms with van der Waals surface area (Å²) >= 11 is 9.24. The number of ketones is 1. The van der Waals surface area contributed by atoms with Gasteiger partial charge in [0.15, 0.2) is 5.78 Å². The number of aryl methyl sites for hydroxylation is 1. The van der Waals surface area contributed by atoms with Crippen LogP contribution in [0, 0.1) is 6.92 Å². The van der Waals surface area contributed by atoms with Gasteiger partial charge in [0, 0.05) is 17.3 Å². The minimum absolute atomic E-state index is 0.123. The summed E-state index contributed by atoms with van der Waals surface area (Å²) in [5.74, 6) is 0.123. The summed E-state index contributed by atoms with van der Waals surface area (Å²) in [6.45, 7) is 1.96. The molecule has 0 unspecified atom stereocenters. The zero-order chi connectivity index (χ0) is 10.6. The molecule has 1 nitrogen and oxygen atoms in total. The summed E-state index contributed by atoms with van der Waals surface area (Å²) < 4.78 is 0. The average Bonchev–Trinajstić information content (AvgIpc) is 2.18. The van der Waals surface area contributed by atoms with Gasteiger partial charge in [0.1, 0.15) is 0 Å². The first-order chi connectivity index (χ1) is 6.65. The van der Waals surface area contributed by atoms with Gasteiger partial charge in [-0.15, -0.1) is 0 Å². The van der Waals surface area contributed by atoms with Crippen LogP contribution in [0.5, 0.6) is 0 Å². The van der Waals surface area contributed by atoms with Crippen molar-refractivity contribution in [1.82, 2.24) is 0 Å². The summed E-state index contributed by atoms with van der Waals surface area (Å²) in [6, 6.07) is 5.53. The normalized spacial score (nSPS) is 10.2. The highest BCUT2D eigenvalue weighted by Crippen LogP contribution is 2.19. The topological polar surface area (TPSA) is 17.1 Å². The molecule has 3 heteroatoms. The highest BCUT2D eigenvalue weighted by molar-refractivity contribution is 9.09. The molecule has 0 fully saturated rings. The predicted molar refractivity (Wildman–Crippen MR) is 63.5 cm³/mol. The first kappa shape index (κ1) is 11.7. The Morgan fingerprint density at radius 3 is 2.86 bits per heavy atom. The third-order valence-corrected chi connectivity index (χ3v) is 2.85. The van der Waals surface area contributed by atoms with E-state index in [0.717, 1.165) is 17.3 Å². The molecular weight excluding hydrogens is 263 g/mol. The van der Waals surface area contributed by atoms with Gasteiger partial charge in [0.05, 0.1) is 5.02 Å². The summed E-state index contributed by atoms with van der Waals surface area (Å²) in [6.07, 6.45) is 1.40. The van der Waals surface area contributed by atoms with Gasteiger partial charge in [-0.2, -0.15) is 0 Å². The Morgan fingerprint density at radius 1 is 1.50 bits per heavy atom. The maximum atomic E-state index is 11.7. The van der Waals surface area contributed by atoms with E-state index in [1.165, 1.54) is 0 Å². The van der Waals surface area contributed by atoms with Crippen LogP contribution in [0.15, 0.2) is 18.2 Å². The summed E-state index contributed by atoms with van der Waals surface area (Å²) in [5.41, 5.74) is 1.71. The number of halogens is 2. The highest BCUT2D eigenvalue weighted by atomic mass is 79.9. The van der Waals surface area contributed by atoms with Gasteiger partial charge in [-0.25, -0.2) is 0 Å². The SMILES string of the molecule is Cc1ccc(Cl)c(C(=O)CCCBr)c1. The minimum Gasteiger partial charge on any atom is -0.294 e. The number of alkyl halides is 1. The number of Topliss-reactive ketones (excluding diaryl/α,β-unsaturated/α-hetero) is 1. The van der Waals surface area contributed by atoms with Crippen LogP contribution in [0.2, 0.25) is 5.02 Å². The lowest BCUT2D eigenvalue weighted by Gasteiger charge is -2.03. The summed E-state index contributed by atoms with van der Waals surface area (Å²) in [7, 11) is 0. The fourth-order valence-electron chi connectivity index (χ4n) is 1.21. The van der Waals surface area contributed by atoms with Gasteiger partial charge in [-0.05, 0) is 25.5 Å². The van der Waals surface area contributed by atoms with Crippen LogP contribution in [0.4, 0.5) is 0 Å². The van der Waals surface area contributed by atoms with E-state index >= 15 is 0 Å². The molecule has 1 rings (SSSR count). The van der Waals surface area contributed by atoms with Crippen molar-refractivity contribution >= 4 is 33.3 Å². The molecule has 1 aromatic carbocycles. The molecule has 76 valence electrons. The molecule has 0 atom stereocenters. The fraction of sp³-hybridized carbons (Fsp3) is 0.364. The minimum atomic E-state index is 0.123. The van der Waals surface area contributed by atoms with E-state index in [1.54, 1.807) is 6.07 Å². The van der Waals surface area contributed by atoms with Crippen molar-refractivity contribution in [2.24, 2.45) is 0 Å². The third kappa shape index (κ3) is 3.10. The van der Waals surface area contributed by atoms with Crippen molar-refractivity contribution in [3.63, 3.8) is 0 Å². The van der Waals surface area contributed by atoms with E-state index in [-0.39, 0.29) is 5.78 Å². The molecule has 0 amide bonds. The largest absolute Gasteiger partial charge is 0.294 e. The average molecular weight is 276 g/mol. The maximum Gasteiger partial charge on any atom is 0.164 e. The van der Waals surface area contributed by atoms with Crippen LogP contribution in [-0.2, 0) is 0 Å². The Morgan fingerprint density at radius 2 is 2.21 bits per heavy atom. The first-order valence-electron chi connectivity index (χ1n) is 4.50. The smallest absolute Gasteiger partial charge is 0.164 e. The monoisotopic (exact) mass is 274 g/mol. The fourth-order valence-corrected chi connectivity index (χ4v) is 1.72. The van der Waals surface area contributed by atoms with Crippen LogP contribution < -0.4 is 0 Å². The van der Waals surface area contributed by atoms with E-state index in [1.807, 2.05) is 19.1 Å². The van der Waals surface area contributed by atoms with E-state index in [2.05, 4.69) is 15.9 Å². The lowest BCUT2D eigenvalue weighted by atomic mass is 10.0. The van der Waals surface area contributed by atoms with Crippen molar-refractivity contribution in [2.75, 3.05) is 5.33 Å². The molecule has 0 heterocycles. The lowest BCUT2D eigenvalue weighted by Crippen LogP contribution is -2.00. The van der Waals surface area contributed by atoms with Crippen molar-refractivity contribution in [2.45, 2.75) is 19.8 Å². The Bertz CT molecular complexity index is 336. The summed E-state index contributed by atoms with van der Waals surface area (Å²) in [4.78, 5) is 11.7. The van der Waals surface area contributed by atoms with Crippen LogP contribution in [0.3, 0.4) is 0 Å². The Labute approximate surface area is 97.6 Å². The lowest BCUT2D eigenvalue weighted by molar-refractivity contribution is 0.0982. The second-order valence-corrected chi connectivity index (χ2v) is 4.40. The molecule has 0 aromatic heterocycles. The summed E-state index contributed by atoms with van der Waals surface area (Å²) in [5, 5.41) is 1.40. The molecule has 0 radical (unpaired) electrons. The molecule has 0 aliphatic rings. The van der Waals surface area contributed by atoms with Gasteiger partial charge in [-0.3, -0.25) is 4.79 Å². The molecule has 0 spiro atoms. The Kier molecular flexibility index (Phi) is 4.63. The molecule has 0 saturated carbocycles. The molecule has 14 heavy (non-hydrogen) atoms. The molecule has 0 saturated heterocycles. The van der Waals surface area contributed by atoms with Gasteiger partial charge in [0.25, 0.3) is 0 Å². The van der Waals surface area contributed by atoms with Crippen LogP contribution in [-0.4, -0.2) is 11.1 Å². The predicted octanol–water partition coefficient (Wildman–Crippen LogP) is 4.01. The van der Waals surface area contributed by atoms with Gasteiger partial charge in [0.2, 0.25) is 0 Å². The Hall–Kier alpha value is -0.340.